The van der Waals surface area contributed by atoms with Crippen molar-refractivity contribution in [3.8, 4) is 22.5 Å². The van der Waals surface area contributed by atoms with Crippen LogP contribution in [-0.4, -0.2) is 98.4 Å². The van der Waals surface area contributed by atoms with E-state index in [4.69, 9.17) is 9.47 Å². The number of benzene rings is 3. The predicted octanol–water partition coefficient (Wildman–Crippen LogP) is 6.97. The molecule has 1 atom stereocenters. The average Bonchev–Trinajstić information content (AvgIpc) is 3.78. The van der Waals surface area contributed by atoms with Gasteiger partial charge < -0.3 is 35.6 Å². The molecule has 1 unspecified atom stereocenters. The Kier molecular flexibility index (Phi) is 14.8. The Hall–Kier alpha value is -6.32. The molecular formula is C47H61N9O7. The molecule has 1 aliphatic heterocycles. The first-order valence-electron chi connectivity index (χ1n) is 21.8. The number of anilines is 1. The molecular weight excluding hydrogens is 803 g/mol. The lowest BCUT2D eigenvalue weighted by Gasteiger charge is -2.33. The maximum absolute atomic E-state index is 13.9. The van der Waals surface area contributed by atoms with E-state index in [2.05, 4.69) is 41.9 Å². The number of nitrogens with one attached hydrogen (secondary N) is 5. The van der Waals surface area contributed by atoms with Gasteiger partial charge in [0.1, 0.15) is 17.2 Å². The SMILES string of the molecule is Cc1cc(C(=O)NC2CCN(C(=O)OC(C)(C)C)CC2)cc(-c2ccc(CC(NC(=O)C3CCC(CNC(=O)OC(C)(C)C)CC3)C(=O)Nc3ccc(-c4nn[nH]n4)cc3)cc2)c1. The van der Waals surface area contributed by atoms with Crippen molar-refractivity contribution in [2.75, 3.05) is 25.0 Å². The fraction of sp³-hybridized carbons (Fsp3) is 0.489. The molecule has 2 heterocycles. The van der Waals surface area contributed by atoms with Crippen LogP contribution < -0.4 is 21.3 Å². The Morgan fingerprint density at radius 3 is 2.06 bits per heavy atom. The molecule has 63 heavy (non-hydrogen) atoms. The van der Waals surface area contributed by atoms with Gasteiger partial charge in [0.05, 0.1) is 0 Å². The van der Waals surface area contributed by atoms with Crippen molar-refractivity contribution in [1.29, 1.82) is 0 Å². The van der Waals surface area contributed by atoms with Gasteiger partial charge in [-0.3, -0.25) is 14.4 Å². The zero-order chi connectivity index (χ0) is 45.3. The van der Waals surface area contributed by atoms with Crippen molar-refractivity contribution in [2.24, 2.45) is 11.8 Å². The summed E-state index contributed by atoms with van der Waals surface area (Å²) in [6, 6.07) is 19.6. The zero-order valence-electron chi connectivity index (χ0n) is 37.4. The minimum absolute atomic E-state index is 0.0655. The van der Waals surface area contributed by atoms with E-state index in [1.807, 2.05) is 90.9 Å². The van der Waals surface area contributed by atoms with E-state index in [-0.39, 0.29) is 48.1 Å². The third-order valence-electron chi connectivity index (χ3n) is 11.1. The van der Waals surface area contributed by atoms with E-state index in [1.54, 1.807) is 29.2 Å². The summed E-state index contributed by atoms with van der Waals surface area (Å²) in [5.74, 6) is -0.336. The van der Waals surface area contributed by atoms with Crippen LogP contribution in [0.5, 0.6) is 0 Å². The van der Waals surface area contributed by atoms with Crippen LogP contribution in [0.1, 0.15) is 102 Å². The van der Waals surface area contributed by atoms with Crippen LogP contribution in [0.4, 0.5) is 15.3 Å². The molecule has 2 aliphatic rings. The molecule has 0 bridgehead atoms. The maximum Gasteiger partial charge on any atom is 0.410 e. The largest absolute Gasteiger partial charge is 0.444 e. The van der Waals surface area contributed by atoms with Crippen LogP contribution in [0.15, 0.2) is 66.7 Å². The Morgan fingerprint density at radius 1 is 0.794 bits per heavy atom. The van der Waals surface area contributed by atoms with Gasteiger partial charge in [-0.15, -0.1) is 10.2 Å². The number of aromatic amines is 1. The molecule has 1 saturated heterocycles. The second kappa shape index (κ2) is 20.2. The number of ether oxygens (including phenoxy) is 2. The molecule has 0 radical (unpaired) electrons. The molecule has 5 N–H and O–H groups in total. The highest BCUT2D eigenvalue weighted by molar-refractivity contribution is 5.98. The maximum atomic E-state index is 13.9. The first-order valence-corrected chi connectivity index (χ1v) is 21.8. The molecule has 1 saturated carbocycles. The number of alkyl carbamates (subject to hydrolysis) is 1. The summed E-state index contributed by atoms with van der Waals surface area (Å²) in [4.78, 5) is 67.6. The molecule has 1 aliphatic carbocycles. The molecule has 3 aromatic carbocycles. The number of carbonyl (C=O) groups excluding carboxylic acids is 5. The standard InChI is InChI=1S/C47H61N9O7/c1-29-24-35(27-36(25-29)42(58)49-38-20-22-56(23-21-38)45(61)63-47(5,6)7)32-12-8-30(9-13-32)26-39(43(59)50-37-18-16-33(17-19-37)40-52-54-55-53-40)51-41(57)34-14-10-31(11-15-34)28-48-44(60)62-46(2,3)4/h8-9,12-13,16-19,24-25,27,31,34,38-39H,10-11,14-15,20-23,26,28H2,1-7H3,(H,48,60)(H,49,58)(H,50,59)(H,51,57)(H,52,53,54,55). The van der Waals surface area contributed by atoms with Crippen molar-refractivity contribution < 1.29 is 33.4 Å². The molecule has 16 heteroatoms. The van der Waals surface area contributed by atoms with Crippen LogP contribution in [0.25, 0.3) is 22.5 Å². The number of amides is 5. The summed E-state index contributed by atoms with van der Waals surface area (Å²) in [7, 11) is 0. The van der Waals surface area contributed by atoms with E-state index < -0.39 is 23.3 Å². The normalized spacial score (nSPS) is 17.5. The minimum atomic E-state index is -0.878. The topological polar surface area (TPSA) is 210 Å². The third-order valence-corrected chi connectivity index (χ3v) is 11.1. The van der Waals surface area contributed by atoms with Gasteiger partial charge in [-0.1, -0.05) is 30.3 Å². The second-order valence-electron chi connectivity index (χ2n) is 18.7. The van der Waals surface area contributed by atoms with Crippen LogP contribution in [0.2, 0.25) is 0 Å². The van der Waals surface area contributed by atoms with E-state index >= 15 is 0 Å². The summed E-state index contributed by atoms with van der Waals surface area (Å²) in [6.07, 6.45) is 3.51. The first kappa shape index (κ1) is 46.2. The molecule has 0 spiro atoms. The molecule has 6 rings (SSSR count). The molecule has 1 aromatic heterocycles. The summed E-state index contributed by atoms with van der Waals surface area (Å²) in [5, 5.41) is 26.1. The zero-order valence-corrected chi connectivity index (χ0v) is 37.4. The average molecular weight is 864 g/mol. The van der Waals surface area contributed by atoms with E-state index in [0.717, 1.165) is 40.7 Å². The van der Waals surface area contributed by atoms with Crippen molar-refractivity contribution in [1.82, 2.24) is 41.5 Å². The fourth-order valence-corrected chi connectivity index (χ4v) is 7.84. The quantitative estimate of drug-likeness (QED) is 0.0988. The molecule has 4 aromatic rings. The predicted molar refractivity (Wildman–Crippen MR) is 238 cm³/mol. The van der Waals surface area contributed by atoms with Crippen LogP contribution in [0, 0.1) is 18.8 Å². The monoisotopic (exact) mass is 863 g/mol. The van der Waals surface area contributed by atoms with E-state index in [1.165, 1.54) is 0 Å². The number of tetrazole rings is 1. The number of piperidine rings is 1. The van der Waals surface area contributed by atoms with Crippen LogP contribution in [-0.2, 0) is 25.5 Å². The van der Waals surface area contributed by atoms with Gasteiger partial charge in [-0.2, -0.15) is 5.21 Å². The lowest BCUT2D eigenvalue weighted by atomic mass is 9.81. The van der Waals surface area contributed by atoms with Gasteiger partial charge in [-0.05, 0) is 157 Å². The number of rotatable bonds is 12. The molecule has 336 valence electrons. The minimum Gasteiger partial charge on any atom is -0.444 e. The van der Waals surface area contributed by atoms with Gasteiger partial charge in [-0.25, -0.2) is 9.59 Å². The Labute approximate surface area is 369 Å². The summed E-state index contributed by atoms with van der Waals surface area (Å²) in [5.41, 5.74) is 4.20. The number of hydrogen-bond donors (Lipinski definition) is 5. The van der Waals surface area contributed by atoms with Gasteiger partial charge >= 0.3 is 12.2 Å². The number of aryl methyl sites for hydroxylation is 1. The van der Waals surface area contributed by atoms with Crippen molar-refractivity contribution >= 4 is 35.6 Å². The van der Waals surface area contributed by atoms with Gasteiger partial charge in [0.15, 0.2) is 0 Å². The van der Waals surface area contributed by atoms with Crippen LogP contribution in [0.3, 0.4) is 0 Å². The third kappa shape index (κ3) is 13.8. The highest BCUT2D eigenvalue weighted by Gasteiger charge is 2.31. The lowest BCUT2D eigenvalue weighted by molar-refractivity contribution is -0.130. The number of hydrogen-bond acceptors (Lipinski definition) is 10. The molecule has 5 amide bonds. The lowest BCUT2D eigenvalue weighted by Crippen LogP contribution is -2.48. The number of nitrogens with zero attached hydrogens (tertiary/aromatic N) is 4. The summed E-state index contributed by atoms with van der Waals surface area (Å²) >= 11 is 0. The Morgan fingerprint density at radius 2 is 1.44 bits per heavy atom. The summed E-state index contributed by atoms with van der Waals surface area (Å²) < 4.78 is 10.9. The Balaban J connectivity index is 1.09. The first-order chi connectivity index (χ1) is 29.9. The fourth-order valence-electron chi connectivity index (χ4n) is 7.84. The number of aromatic nitrogens is 4. The Bertz CT molecular complexity index is 2200. The molecule has 2 fully saturated rings. The number of H-pyrrole nitrogens is 1. The van der Waals surface area contributed by atoms with Gasteiger partial charge in [0.2, 0.25) is 17.6 Å². The molecule has 16 nitrogen and oxygen atoms in total. The van der Waals surface area contributed by atoms with Crippen molar-refractivity contribution in [2.45, 2.75) is 117 Å². The van der Waals surface area contributed by atoms with E-state index in [0.29, 0.717) is 62.4 Å². The second-order valence-corrected chi connectivity index (χ2v) is 18.7. The van der Waals surface area contributed by atoms with Crippen molar-refractivity contribution in [3.05, 3.63) is 83.4 Å². The van der Waals surface area contributed by atoms with Gasteiger partial charge in [0.25, 0.3) is 5.91 Å². The smallest absolute Gasteiger partial charge is 0.410 e. The summed E-state index contributed by atoms with van der Waals surface area (Å²) in [6.45, 7) is 14.4. The van der Waals surface area contributed by atoms with Crippen molar-refractivity contribution in [3.63, 3.8) is 0 Å². The number of likely N-dealkylation sites (tertiary alicyclic amines) is 1. The number of carbonyl (C=O) groups is 5. The van der Waals surface area contributed by atoms with Crippen LogP contribution >= 0.6 is 0 Å². The van der Waals surface area contributed by atoms with Gasteiger partial charge in [0, 0.05) is 54.8 Å². The highest BCUT2D eigenvalue weighted by Crippen LogP contribution is 2.30. The highest BCUT2D eigenvalue weighted by atomic mass is 16.6. The van der Waals surface area contributed by atoms with E-state index in [9.17, 15) is 24.0 Å².